The first-order valence-corrected chi connectivity index (χ1v) is 24.2. The van der Waals surface area contributed by atoms with Crippen molar-refractivity contribution in [3.63, 3.8) is 0 Å². The smallest absolute Gasteiger partial charge is 0.550 e. The van der Waals surface area contributed by atoms with Gasteiger partial charge in [0.25, 0.3) is 0 Å². The number of rotatable bonds is 38. The van der Waals surface area contributed by atoms with Crippen molar-refractivity contribution in [1.82, 2.24) is 0 Å². The predicted octanol–water partition coefficient (Wildman–Crippen LogP) is 14.8. The molecule has 0 aromatic heterocycles. The molecule has 2 aromatic carbocycles. The quantitative estimate of drug-likeness (QED) is 0.0498. The maximum atomic E-state index is 10.4. The minimum absolute atomic E-state index is 0. The van der Waals surface area contributed by atoms with Crippen LogP contribution >= 0.6 is 0 Å². The molecule has 0 aliphatic heterocycles. The number of carbonyl (C=O) groups is 2. The average Bonchev–Trinajstić information content (AvgIpc) is 3.23. The summed E-state index contributed by atoms with van der Waals surface area (Å²) < 4.78 is 0. The summed E-state index contributed by atoms with van der Waals surface area (Å²) in [5, 5.41) is 20.9. The second kappa shape index (κ2) is 40.7. The van der Waals surface area contributed by atoms with Crippen molar-refractivity contribution in [2.45, 2.75) is 231 Å². The number of benzene rings is 2. The van der Waals surface area contributed by atoms with Crippen LogP contribution in [-0.2, 0) is 26.1 Å². The molecule has 2 aromatic rings. The molecule has 5 heteroatoms. The Hall–Kier alpha value is -2.65. The van der Waals surface area contributed by atoms with Crippen molar-refractivity contribution in [1.29, 1.82) is 0 Å². The first-order valence-electron chi connectivity index (χ1n) is 24.2. The van der Waals surface area contributed by atoms with Gasteiger partial charge < -0.3 is 19.8 Å². The number of carboxylic acids is 2. The van der Waals surface area contributed by atoms with E-state index in [0.29, 0.717) is 11.8 Å². The van der Waals surface area contributed by atoms with E-state index in [9.17, 15) is 19.8 Å². The zero-order valence-corrected chi connectivity index (χ0v) is 38.9. The van der Waals surface area contributed by atoms with Gasteiger partial charge >= 0.3 is 16.5 Å². The van der Waals surface area contributed by atoms with Crippen LogP contribution in [0.25, 0.3) is 12.2 Å². The Kier molecular flexibility index (Phi) is 38.9. The zero-order chi connectivity index (χ0) is 42.3. The van der Waals surface area contributed by atoms with E-state index >= 15 is 0 Å². The fraction of sp³-hybridized carbons (Fsp3) is 0.667. The van der Waals surface area contributed by atoms with Crippen LogP contribution in [0, 0.1) is 0 Å². The van der Waals surface area contributed by atoms with Crippen LogP contribution in [0.1, 0.15) is 253 Å². The van der Waals surface area contributed by atoms with Gasteiger partial charge in [0.15, 0.2) is 0 Å². The maximum Gasteiger partial charge on any atom is 2.00 e. The second-order valence-electron chi connectivity index (χ2n) is 17.0. The van der Waals surface area contributed by atoms with Gasteiger partial charge in [-0.15, -0.1) is 0 Å². The van der Waals surface area contributed by atoms with E-state index in [1.165, 1.54) is 176 Å². The topological polar surface area (TPSA) is 80.3 Å². The summed E-state index contributed by atoms with van der Waals surface area (Å²) in [6, 6.07) is 17.9. The summed E-state index contributed by atoms with van der Waals surface area (Å²) in [5.41, 5.74) is 5.35. The van der Waals surface area contributed by atoms with Gasteiger partial charge in [0.1, 0.15) is 0 Å². The van der Waals surface area contributed by atoms with Crippen LogP contribution in [-0.4, -0.2) is 11.9 Å². The molecular weight excluding hydrogens is 771 g/mol. The van der Waals surface area contributed by atoms with Crippen LogP contribution in [0.5, 0.6) is 0 Å². The molecule has 0 aliphatic rings. The van der Waals surface area contributed by atoms with Gasteiger partial charge in [0.05, 0.1) is 0 Å². The zero-order valence-electron chi connectivity index (χ0n) is 37.9. The molecule has 0 saturated heterocycles. The van der Waals surface area contributed by atoms with E-state index in [4.69, 9.17) is 0 Å². The third kappa shape index (κ3) is 32.8. The Bertz CT molecular complexity index is 1170. The molecule has 2 rings (SSSR count). The minimum Gasteiger partial charge on any atom is -0.550 e. The Morgan fingerprint density at radius 3 is 0.898 bits per heavy atom. The summed E-state index contributed by atoms with van der Waals surface area (Å²) in [7, 11) is 0. The molecule has 59 heavy (non-hydrogen) atoms. The van der Waals surface area contributed by atoms with Crippen molar-refractivity contribution in [3.8, 4) is 0 Å². The molecular formula is C54H86NiO4. The molecule has 0 bridgehead atoms. The van der Waals surface area contributed by atoms with Crippen molar-refractivity contribution in [2.24, 2.45) is 0 Å². The largest absolute Gasteiger partial charge is 2.00 e. The molecule has 0 amide bonds. The molecule has 0 spiro atoms. The summed E-state index contributed by atoms with van der Waals surface area (Å²) in [6.07, 6.45) is 41.8. The third-order valence-electron chi connectivity index (χ3n) is 12.0. The van der Waals surface area contributed by atoms with Crippen molar-refractivity contribution in [2.75, 3.05) is 0 Å². The molecule has 336 valence electrons. The number of carbonyl (C=O) groups excluding carboxylic acids is 2. The van der Waals surface area contributed by atoms with E-state index in [0.717, 1.165) is 38.5 Å². The van der Waals surface area contributed by atoms with Gasteiger partial charge in [-0.05, 0) is 85.5 Å². The van der Waals surface area contributed by atoms with Crippen LogP contribution in [0.2, 0.25) is 0 Å². The molecule has 0 N–H and O–H groups in total. The fourth-order valence-electron chi connectivity index (χ4n) is 8.19. The van der Waals surface area contributed by atoms with Crippen molar-refractivity contribution < 1.29 is 36.3 Å². The predicted molar refractivity (Wildman–Crippen MR) is 248 cm³/mol. The van der Waals surface area contributed by atoms with Crippen LogP contribution < -0.4 is 10.2 Å². The molecule has 0 aliphatic carbocycles. The Morgan fingerprint density at radius 1 is 0.424 bits per heavy atom. The number of carboxylic acid groups (broad SMARTS) is 2. The third-order valence-corrected chi connectivity index (χ3v) is 12.0. The Labute approximate surface area is 373 Å². The average molecular weight is 858 g/mol. The van der Waals surface area contributed by atoms with E-state index in [2.05, 4.69) is 75.5 Å². The van der Waals surface area contributed by atoms with Crippen LogP contribution in [0.4, 0.5) is 0 Å². The number of aliphatic carboxylic acids is 2. The first-order chi connectivity index (χ1) is 28.3. The van der Waals surface area contributed by atoms with Gasteiger partial charge in [0.2, 0.25) is 0 Å². The van der Waals surface area contributed by atoms with E-state index in [-0.39, 0.29) is 29.3 Å². The van der Waals surface area contributed by atoms with Crippen molar-refractivity contribution >= 4 is 24.1 Å². The molecule has 2 atom stereocenters. The van der Waals surface area contributed by atoms with E-state index in [1.807, 2.05) is 12.2 Å². The second-order valence-corrected chi connectivity index (χ2v) is 17.0. The standard InChI is InChI=1S/2C27H44O2.Ni/c2*1-3-5-6-7-8-11-14-17-25(26-22-20-24(4-2)21-23-26)18-15-12-9-10-13-16-19-27(28)29;/h2*4,20-23,25H,2-3,5-19H2,1H3,(H,28,29);/q;;+2/p-2. The Morgan fingerprint density at radius 2 is 0.661 bits per heavy atom. The van der Waals surface area contributed by atoms with E-state index < -0.39 is 11.9 Å². The SMILES string of the molecule is C=Cc1ccc(C(CCCCCCCCC)CCCCCCCCC(=O)[O-])cc1.C=Cc1ccc(C(CCCCCCCCC)CCCCCCCCC(=O)[O-])cc1.[Ni+2]. The molecule has 0 heterocycles. The van der Waals surface area contributed by atoms with Crippen LogP contribution in [0.3, 0.4) is 0 Å². The molecule has 0 radical (unpaired) electrons. The van der Waals surface area contributed by atoms with Gasteiger partial charge in [-0.25, -0.2) is 0 Å². The Balaban J connectivity index is 0.00000112. The summed E-state index contributed by atoms with van der Waals surface area (Å²) in [6.45, 7) is 12.3. The minimum atomic E-state index is -0.916. The summed E-state index contributed by atoms with van der Waals surface area (Å²) >= 11 is 0. The van der Waals surface area contributed by atoms with Crippen LogP contribution in [0.15, 0.2) is 61.7 Å². The molecule has 0 fully saturated rings. The maximum absolute atomic E-state index is 10.4. The molecule has 4 nitrogen and oxygen atoms in total. The number of unbranched alkanes of at least 4 members (excludes halogenated alkanes) is 22. The fourth-order valence-corrected chi connectivity index (χ4v) is 8.19. The van der Waals surface area contributed by atoms with Gasteiger partial charge in [0, 0.05) is 11.9 Å². The first kappa shape index (κ1) is 56.4. The molecule has 0 saturated carbocycles. The normalized spacial score (nSPS) is 11.8. The summed E-state index contributed by atoms with van der Waals surface area (Å²) in [4.78, 5) is 20.9. The van der Waals surface area contributed by atoms with Gasteiger partial charge in [-0.3, -0.25) is 0 Å². The van der Waals surface area contributed by atoms with E-state index in [1.54, 1.807) is 0 Å². The molecule has 2 unspecified atom stereocenters. The number of hydrogen-bond donors (Lipinski definition) is 0. The number of hydrogen-bond acceptors (Lipinski definition) is 4. The van der Waals surface area contributed by atoms with Crippen molar-refractivity contribution in [3.05, 3.63) is 83.9 Å². The summed E-state index contributed by atoms with van der Waals surface area (Å²) in [5.74, 6) is -0.494. The van der Waals surface area contributed by atoms with Gasteiger partial charge in [-0.1, -0.05) is 242 Å². The van der Waals surface area contributed by atoms with Gasteiger partial charge in [-0.2, -0.15) is 0 Å². The monoisotopic (exact) mass is 857 g/mol.